The summed E-state index contributed by atoms with van der Waals surface area (Å²) >= 11 is 0. The first-order valence-corrected chi connectivity index (χ1v) is 5.01. The van der Waals surface area contributed by atoms with Crippen molar-refractivity contribution in [3.8, 4) is 0 Å². The summed E-state index contributed by atoms with van der Waals surface area (Å²) in [6.07, 6.45) is 2.67. The van der Waals surface area contributed by atoms with Crippen molar-refractivity contribution >= 4 is 15.7 Å². The first-order valence-electron chi connectivity index (χ1n) is 3.57. The largest absolute Gasteiger partial charge is 0.397 e. The number of anilines is 1. The third kappa shape index (κ3) is 1.96. The number of aromatic nitrogens is 1. The van der Waals surface area contributed by atoms with Crippen LogP contribution in [-0.2, 0) is 10.0 Å². The van der Waals surface area contributed by atoms with Gasteiger partial charge < -0.3 is 5.73 Å². The molecule has 6 heteroatoms. The molecule has 72 valence electrons. The van der Waals surface area contributed by atoms with E-state index in [0.29, 0.717) is 5.69 Å². The highest BCUT2D eigenvalue weighted by Crippen LogP contribution is 2.13. The van der Waals surface area contributed by atoms with Gasteiger partial charge in [0.1, 0.15) is 4.90 Å². The quantitative estimate of drug-likeness (QED) is 0.725. The molecule has 13 heavy (non-hydrogen) atoms. The average molecular weight is 201 g/mol. The van der Waals surface area contributed by atoms with Crippen molar-refractivity contribution in [1.82, 2.24) is 9.29 Å². The van der Waals surface area contributed by atoms with Gasteiger partial charge in [0.15, 0.2) is 0 Å². The minimum Gasteiger partial charge on any atom is -0.397 e. The molecule has 5 nitrogen and oxygen atoms in total. The fraction of sp³-hybridized carbons (Fsp3) is 0.286. The minimum atomic E-state index is -3.41. The van der Waals surface area contributed by atoms with Crippen molar-refractivity contribution in [1.29, 1.82) is 0 Å². The summed E-state index contributed by atoms with van der Waals surface area (Å²) in [7, 11) is -0.495. The van der Waals surface area contributed by atoms with Gasteiger partial charge in [-0.1, -0.05) is 0 Å². The molecule has 0 saturated carbocycles. The van der Waals surface area contributed by atoms with Gasteiger partial charge in [0, 0.05) is 26.5 Å². The molecule has 1 aromatic heterocycles. The van der Waals surface area contributed by atoms with Gasteiger partial charge in [0.25, 0.3) is 0 Å². The van der Waals surface area contributed by atoms with E-state index in [0.717, 1.165) is 4.31 Å². The normalized spacial score (nSPS) is 11.9. The van der Waals surface area contributed by atoms with Crippen LogP contribution in [0.3, 0.4) is 0 Å². The fourth-order valence-electron chi connectivity index (χ4n) is 0.787. The van der Waals surface area contributed by atoms with E-state index in [9.17, 15) is 8.42 Å². The van der Waals surface area contributed by atoms with Gasteiger partial charge in [-0.25, -0.2) is 12.7 Å². The lowest BCUT2D eigenvalue weighted by Gasteiger charge is -2.10. The topological polar surface area (TPSA) is 76.3 Å². The average Bonchev–Trinajstić information content (AvgIpc) is 2.04. The molecule has 0 aromatic carbocycles. The van der Waals surface area contributed by atoms with Crippen molar-refractivity contribution in [2.45, 2.75) is 4.90 Å². The molecule has 1 aromatic rings. The van der Waals surface area contributed by atoms with Gasteiger partial charge in [-0.3, -0.25) is 4.98 Å². The molecule has 0 radical (unpaired) electrons. The summed E-state index contributed by atoms with van der Waals surface area (Å²) in [5, 5.41) is 0. The Hall–Kier alpha value is -1.14. The van der Waals surface area contributed by atoms with Crippen LogP contribution in [0.15, 0.2) is 23.4 Å². The SMILES string of the molecule is CN(C)S(=O)(=O)c1cncc(N)c1. The molecule has 0 saturated heterocycles. The van der Waals surface area contributed by atoms with Crippen LogP contribution < -0.4 is 5.73 Å². The van der Waals surface area contributed by atoms with Crippen molar-refractivity contribution in [2.75, 3.05) is 19.8 Å². The van der Waals surface area contributed by atoms with Crippen molar-refractivity contribution in [2.24, 2.45) is 0 Å². The first-order chi connectivity index (χ1) is 5.94. The Morgan fingerprint density at radius 2 is 2.00 bits per heavy atom. The number of nitrogen functional groups attached to an aromatic ring is 1. The Kier molecular flexibility index (Phi) is 2.53. The van der Waals surface area contributed by atoms with Gasteiger partial charge in [-0.2, -0.15) is 0 Å². The van der Waals surface area contributed by atoms with E-state index < -0.39 is 10.0 Å². The van der Waals surface area contributed by atoms with Gasteiger partial charge in [0.2, 0.25) is 10.0 Å². The lowest BCUT2D eigenvalue weighted by atomic mass is 10.4. The number of rotatable bonds is 2. The van der Waals surface area contributed by atoms with E-state index in [4.69, 9.17) is 5.73 Å². The van der Waals surface area contributed by atoms with Crippen molar-refractivity contribution in [3.05, 3.63) is 18.5 Å². The maximum Gasteiger partial charge on any atom is 0.244 e. The third-order valence-electron chi connectivity index (χ3n) is 1.51. The molecule has 0 aliphatic carbocycles. The molecule has 1 rings (SSSR count). The second-order valence-electron chi connectivity index (χ2n) is 2.74. The molecule has 1 heterocycles. The highest BCUT2D eigenvalue weighted by atomic mass is 32.2. The zero-order chi connectivity index (χ0) is 10.1. The Morgan fingerprint density at radius 3 is 2.46 bits per heavy atom. The molecule has 0 aliphatic rings. The number of nitrogens with zero attached hydrogens (tertiary/aromatic N) is 2. The summed E-state index contributed by atoms with van der Waals surface area (Å²) in [5.41, 5.74) is 5.75. The summed E-state index contributed by atoms with van der Waals surface area (Å²) < 4.78 is 24.1. The monoisotopic (exact) mass is 201 g/mol. The highest BCUT2D eigenvalue weighted by Gasteiger charge is 2.17. The predicted octanol–water partition coefficient (Wildman–Crippen LogP) is -0.0859. The van der Waals surface area contributed by atoms with E-state index >= 15 is 0 Å². The van der Waals surface area contributed by atoms with E-state index in [1.807, 2.05) is 0 Å². The number of hydrogen-bond donors (Lipinski definition) is 1. The minimum absolute atomic E-state index is 0.109. The zero-order valence-corrected chi connectivity index (χ0v) is 8.25. The summed E-state index contributed by atoms with van der Waals surface area (Å²) in [5.74, 6) is 0. The lowest BCUT2D eigenvalue weighted by molar-refractivity contribution is 0.520. The van der Waals surface area contributed by atoms with E-state index in [-0.39, 0.29) is 4.90 Å². The molecule has 0 atom stereocenters. The van der Waals surface area contributed by atoms with E-state index in [1.165, 1.54) is 32.6 Å². The fourth-order valence-corrected chi connectivity index (χ4v) is 1.69. The Labute approximate surface area is 77.2 Å². The number of pyridine rings is 1. The van der Waals surface area contributed by atoms with Gasteiger partial charge >= 0.3 is 0 Å². The van der Waals surface area contributed by atoms with Gasteiger partial charge in [-0.15, -0.1) is 0 Å². The zero-order valence-electron chi connectivity index (χ0n) is 7.43. The predicted molar refractivity (Wildman–Crippen MR) is 49.5 cm³/mol. The van der Waals surface area contributed by atoms with Crippen LogP contribution in [0.5, 0.6) is 0 Å². The number of sulfonamides is 1. The second-order valence-corrected chi connectivity index (χ2v) is 4.89. The number of nitrogens with two attached hydrogens (primary N) is 1. The standard InChI is InChI=1S/C7H11N3O2S/c1-10(2)13(11,12)7-3-6(8)4-9-5-7/h3-5H,8H2,1-2H3. The highest BCUT2D eigenvalue weighted by molar-refractivity contribution is 7.89. The molecule has 0 aliphatic heterocycles. The van der Waals surface area contributed by atoms with Gasteiger partial charge in [-0.05, 0) is 6.07 Å². The van der Waals surface area contributed by atoms with Crippen LogP contribution in [0.1, 0.15) is 0 Å². The molecule has 0 unspecified atom stereocenters. The van der Waals surface area contributed by atoms with E-state index in [2.05, 4.69) is 4.98 Å². The third-order valence-corrected chi connectivity index (χ3v) is 3.29. The van der Waals surface area contributed by atoms with Crippen LogP contribution in [0.25, 0.3) is 0 Å². The van der Waals surface area contributed by atoms with E-state index in [1.54, 1.807) is 0 Å². The number of hydrogen-bond acceptors (Lipinski definition) is 4. The molecule has 0 amide bonds. The molecular weight excluding hydrogens is 190 g/mol. The van der Waals surface area contributed by atoms with Crippen molar-refractivity contribution < 1.29 is 8.42 Å². The molecule has 2 N–H and O–H groups in total. The summed E-state index contributed by atoms with van der Waals surface area (Å²) in [4.78, 5) is 3.81. The maximum absolute atomic E-state index is 11.5. The van der Waals surface area contributed by atoms with Crippen LogP contribution >= 0.6 is 0 Å². The van der Waals surface area contributed by atoms with Gasteiger partial charge in [0.05, 0.1) is 5.69 Å². The molecule has 0 bridgehead atoms. The van der Waals surface area contributed by atoms with Crippen LogP contribution in [-0.4, -0.2) is 31.8 Å². The van der Waals surface area contributed by atoms with Crippen LogP contribution in [0, 0.1) is 0 Å². The molecular formula is C7H11N3O2S. The molecule has 0 fully saturated rings. The molecule has 0 spiro atoms. The smallest absolute Gasteiger partial charge is 0.244 e. The Balaban J connectivity index is 3.24. The first kappa shape index (κ1) is 9.94. The van der Waals surface area contributed by atoms with Crippen LogP contribution in [0.4, 0.5) is 5.69 Å². The van der Waals surface area contributed by atoms with Crippen LogP contribution in [0.2, 0.25) is 0 Å². The lowest BCUT2D eigenvalue weighted by Crippen LogP contribution is -2.22. The summed E-state index contributed by atoms with van der Waals surface area (Å²) in [6, 6.07) is 1.38. The summed E-state index contributed by atoms with van der Waals surface area (Å²) in [6.45, 7) is 0. The Morgan fingerprint density at radius 1 is 1.38 bits per heavy atom. The Bertz CT molecular complexity index is 400. The maximum atomic E-state index is 11.5. The van der Waals surface area contributed by atoms with Crippen molar-refractivity contribution in [3.63, 3.8) is 0 Å². The second kappa shape index (κ2) is 3.31.